The van der Waals surface area contributed by atoms with Gasteiger partial charge in [0.1, 0.15) is 0 Å². The lowest BCUT2D eigenvalue weighted by Crippen LogP contribution is -2.40. The SMILES string of the molecule is Cn1c(-c2ccccc2)c([C@H]2c3ccccc3C(=O)N2CC(=O)[O-])c2ccccc21. The number of fused-ring (bicyclic) bond motifs is 2. The quantitative estimate of drug-likeness (QED) is 0.533. The fourth-order valence-corrected chi connectivity index (χ4v) is 4.63. The van der Waals surface area contributed by atoms with Gasteiger partial charge in [-0.2, -0.15) is 0 Å². The van der Waals surface area contributed by atoms with Gasteiger partial charge in [0.25, 0.3) is 5.91 Å². The Morgan fingerprint density at radius 3 is 2.37 bits per heavy atom. The lowest BCUT2D eigenvalue weighted by Gasteiger charge is -2.27. The summed E-state index contributed by atoms with van der Waals surface area (Å²) in [5.74, 6) is -1.56. The second kappa shape index (κ2) is 6.88. The summed E-state index contributed by atoms with van der Waals surface area (Å²) in [5, 5.41) is 12.5. The Morgan fingerprint density at radius 1 is 0.933 bits per heavy atom. The molecule has 148 valence electrons. The molecule has 0 bridgehead atoms. The first kappa shape index (κ1) is 18.2. The van der Waals surface area contributed by atoms with Crippen LogP contribution in [-0.4, -0.2) is 27.9 Å². The normalized spacial score (nSPS) is 15.6. The van der Waals surface area contributed by atoms with E-state index in [1.165, 1.54) is 4.90 Å². The molecule has 5 heteroatoms. The van der Waals surface area contributed by atoms with Crippen molar-refractivity contribution in [3.8, 4) is 11.3 Å². The summed E-state index contributed by atoms with van der Waals surface area (Å²) in [7, 11) is 2.00. The third kappa shape index (κ3) is 2.63. The Labute approximate surface area is 173 Å². The summed E-state index contributed by atoms with van der Waals surface area (Å²) < 4.78 is 2.11. The molecule has 0 unspecified atom stereocenters. The monoisotopic (exact) mass is 395 g/mol. The van der Waals surface area contributed by atoms with Crippen molar-refractivity contribution in [3.05, 3.63) is 95.6 Å². The number of aromatic nitrogens is 1. The molecule has 1 amide bonds. The Morgan fingerprint density at radius 2 is 1.60 bits per heavy atom. The van der Waals surface area contributed by atoms with Gasteiger partial charge in [-0.15, -0.1) is 0 Å². The summed E-state index contributed by atoms with van der Waals surface area (Å²) in [6.07, 6.45) is 0. The molecule has 1 aromatic heterocycles. The van der Waals surface area contributed by atoms with Crippen LogP contribution in [0.5, 0.6) is 0 Å². The van der Waals surface area contributed by atoms with Crippen LogP contribution in [0.25, 0.3) is 22.2 Å². The first-order chi connectivity index (χ1) is 14.6. The molecule has 0 N–H and O–H groups in total. The number of benzene rings is 3. The molecule has 0 saturated carbocycles. The molecular weight excluding hydrogens is 376 g/mol. The van der Waals surface area contributed by atoms with Gasteiger partial charge in [0.15, 0.2) is 0 Å². The van der Waals surface area contributed by atoms with E-state index in [2.05, 4.69) is 4.57 Å². The highest BCUT2D eigenvalue weighted by atomic mass is 16.4. The fraction of sp³-hybridized carbons (Fsp3) is 0.120. The van der Waals surface area contributed by atoms with Crippen molar-refractivity contribution < 1.29 is 14.7 Å². The van der Waals surface area contributed by atoms with Gasteiger partial charge >= 0.3 is 0 Å². The smallest absolute Gasteiger partial charge is 0.255 e. The molecule has 0 saturated heterocycles. The molecule has 3 aromatic carbocycles. The summed E-state index contributed by atoms with van der Waals surface area (Å²) in [6.45, 7) is -0.463. The van der Waals surface area contributed by atoms with Crippen LogP contribution in [0.3, 0.4) is 0 Å². The maximum atomic E-state index is 13.1. The first-order valence-corrected chi connectivity index (χ1v) is 9.80. The number of carboxylic acids is 1. The maximum absolute atomic E-state index is 13.1. The van der Waals surface area contributed by atoms with E-state index in [-0.39, 0.29) is 5.91 Å². The zero-order valence-corrected chi connectivity index (χ0v) is 16.4. The van der Waals surface area contributed by atoms with Crippen LogP contribution >= 0.6 is 0 Å². The molecule has 0 spiro atoms. The van der Waals surface area contributed by atoms with Gasteiger partial charge in [0.2, 0.25) is 0 Å². The average Bonchev–Trinajstić information content (AvgIpc) is 3.20. The number of hydrogen-bond donors (Lipinski definition) is 0. The highest BCUT2D eigenvalue weighted by molar-refractivity contribution is 6.03. The van der Waals surface area contributed by atoms with E-state index < -0.39 is 18.6 Å². The second-order valence-electron chi connectivity index (χ2n) is 7.50. The van der Waals surface area contributed by atoms with Crippen molar-refractivity contribution in [2.45, 2.75) is 6.04 Å². The van der Waals surface area contributed by atoms with E-state index in [9.17, 15) is 14.7 Å². The molecular formula is C25H19N2O3-. The number of carbonyl (C=O) groups is 2. The second-order valence-corrected chi connectivity index (χ2v) is 7.50. The Bertz CT molecular complexity index is 1290. The highest BCUT2D eigenvalue weighted by Gasteiger charge is 2.40. The summed E-state index contributed by atoms with van der Waals surface area (Å²) >= 11 is 0. The van der Waals surface area contributed by atoms with E-state index in [0.717, 1.165) is 33.3 Å². The van der Waals surface area contributed by atoms with Gasteiger partial charge in [-0.1, -0.05) is 66.7 Å². The zero-order valence-electron chi connectivity index (χ0n) is 16.4. The number of amides is 1. The number of nitrogens with zero attached hydrogens (tertiary/aromatic N) is 2. The minimum Gasteiger partial charge on any atom is -0.548 e. The number of hydrogen-bond acceptors (Lipinski definition) is 3. The molecule has 4 aromatic rings. The lowest BCUT2D eigenvalue weighted by molar-refractivity contribution is -0.305. The number of rotatable bonds is 4. The number of carbonyl (C=O) groups excluding carboxylic acids is 2. The van der Waals surface area contributed by atoms with Crippen molar-refractivity contribution in [3.63, 3.8) is 0 Å². The number of aryl methyl sites for hydroxylation is 1. The van der Waals surface area contributed by atoms with Gasteiger partial charge in [-0.3, -0.25) is 4.79 Å². The van der Waals surface area contributed by atoms with E-state index in [0.29, 0.717) is 5.56 Å². The van der Waals surface area contributed by atoms with Crippen LogP contribution in [0.4, 0.5) is 0 Å². The number of para-hydroxylation sites is 1. The molecule has 30 heavy (non-hydrogen) atoms. The van der Waals surface area contributed by atoms with Crippen molar-refractivity contribution in [2.75, 3.05) is 6.54 Å². The van der Waals surface area contributed by atoms with Gasteiger partial charge in [-0.25, -0.2) is 0 Å². The summed E-state index contributed by atoms with van der Waals surface area (Å²) in [5.41, 5.74) is 5.29. The van der Waals surface area contributed by atoms with E-state index >= 15 is 0 Å². The number of aliphatic carboxylic acids is 1. The molecule has 0 radical (unpaired) electrons. The minimum absolute atomic E-state index is 0.285. The molecule has 1 aliphatic rings. The van der Waals surface area contributed by atoms with E-state index in [4.69, 9.17) is 0 Å². The molecule has 0 aliphatic carbocycles. The summed E-state index contributed by atoms with van der Waals surface area (Å²) in [6, 6.07) is 24.8. The average molecular weight is 395 g/mol. The van der Waals surface area contributed by atoms with Gasteiger partial charge < -0.3 is 19.4 Å². The maximum Gasteiger partial charge on any atom is 0.255 e. The molecule has 0 fully saturated rings. The Hall–Kier alpha value is -3.86. The molecule has 5 nitrogen and oxygen atoms in total. The van der Waals surface area contributed by atoms with Crippen molar-refractivity contribution in [1.82, 2.24) is 9.47 Å². The van der Waals surface area contributed by atoms with Crippen LogP contribution in [0.1, 0.15) is 27.5 Å². The fourth-order valence-electron chi connectivity index (χ4n) is 4.63. The zero-order chi connectivity index (χ0) is 20.8. The van der Waals surface area contributed by atoms with Crippen LogP contribution in [0.2, 0.25) is 0 Å². The predicted octanol–water partition coefficient (Wildman–Crippen LogP) is 3.14. The minimum atomic E-state index is -1.28. The largest absolute Gasteiger partial charge is 0.548 e. The molecule has 2 heterocycles. The van der Waals surface area contributed by atoms with Crippen molar-refractivity contribution in [2.24, 2.45) is 7.05 Å². The Balaban J connectivity index is 1.86. The van der Waals surface area contributed by atoms with E-state index in [1.54, 1.807) is 12.1 Å². The summed E-state index contributed by atoms with van der Waals surface area (Å²) in [4.78, 5) is 26.1. The number of carboxylic acid groups (broad SMARTS) is 1. The van der Waals surface area contributed by atoms with Crippen LogP contribution in [-0.2, 0) is 11.8 Å². The van der Waals surface area contributed by atoms with E-state index in [1.807, 2.05) is 73.8 Å². The first-order valence-electron chi connectivity index (χ1n) is 9.80. The van der Waals surface area contributed by atoms with Crippen LogP contribution in [0, 0.1) is 0 Å². The van der Waals surface area contributed by atoms with Gasteiger partial charge in [0, 0.05) is 29.1 Å². The van der Waals surface area contributed by atoms with Crippen molar-refractivity contribution in [1.29, 1.82) is 0 Å². The third-order valence-electron chi connectivity index (χ3n) is 5.82. The predicted molar refractivity (Wildman–Crippen MR) is 113 cm³/mol. The molecule has 5 rings (SSSR count). The standard InChI is InChI=1S/C25H20N2O3/c1-26-20-14-8-7-13-19(20)22(23(26)16-9-3-2-4-10-16)24-17-11-5-6-12-18(17)25(30)27(24)15-21(28)29/h2-14,24H,15H2,1H3,(H,28,29)/p-1/t24-/m1/s1. The Kier molecular flexibility index (Phi) is 4.17. The van der Waals surface area contributed by atoms with Crippen LogP contribution < -0.4 is 5.11 Å². The molecule has 1 atom stereocenters. The third-order valence-corrected chi connectivity index (χ3v) is 5.82. The highest BCUT2D eigenvalue weighted by Crippen LogP contribution is 2.46. The van der Waals surface area contributed by atoms with Crippen LogP contribution in [0.15, 0.2) is 78.9 Å². The van der Waals surface area contributed by atoms with Gasteiger partial charge in [0.05, 0.1) is 24.2 Å². The molecule has 1 aliphatic heterocycles. The van der Waals surface area contributed by atoms with Crippen molar-refractivity contribution >= 4 is 22.8 Å². The topological polar surface area (TPSA) is 65.4 Å². The lowest BCUT2D eigenvalue weighted by atomic mass is 9.93. The van der Waals surface area contributed by atoms with Gasteiger partial charge in [-0.05, 0) is 23.3 Å².